The van der Waals surface area contributed by atoms with Crippen LogP contribution in [0.4, 0.5) is 0 Å². The maximum absolute atomic E-state index is 6.10. The monoisotopic (exact) mass is 288 g/mol. The Morgan fingerprint density at radius 1 is 1.41 bits per heavy atom. The van der Waals surface area contributed by atoms with E-state index in [1.807, 2.05) is 11.4 Å². The third-order valence-corrected chi connectivity index (χ3v) is 3.49. The lowest BCUT2D eigenvalue weighted by atomic mass is 10.0. The average Bonchev–Trinajstić information content (AvgIpc) is 2.84. The number of halogens is 2. The van der Waals surface area contributed by atoms with E-state index in [9.17, 15) is 0 Å². The van der Waals surface area contributed by atoms with Gasteiger partial charge >= 0.3 is 0 Å². The topological polar surface area (TPSA) is 63.8 Å². The van der Waals surface area contributed by atoms with Crippen LogP contribution < -0.4 is 11.3 Å². The van der Waals surface area contributed by atoms with E-state index in [1.165, 1.54) is 11.5 Å². The van der Waals surface area contributed by atoms with E-state index in [4.69, 9.17) is 29.0 Å². The lowest BCUT2D eigenvalue weighted by Gasteiger charge is -2.14. The first-order valence-electron chi connectivity index (χ1n) is 4.87. The van der Waals surface area contributed by atoms with Crippen LogP contribution in [0.25, 0.3) is 0 Å². The van der Waals surface area contributed by atoms with Crippen LogP contribution in [0.1, 0.15) is 17.3 Å². The number of hydrazine groups is 1. The number of rotatable bonds is 4. The Labute approximate surface area is 113 Å². The van der Waals surface area contributed by atoms with Crippen molar-refractivity contribution in [2.45, 2.75) is 12.5 Å². The molecular formula is C10H10Cl2N4S. The second kappa shape index (κ2) is 5.75. The zero-order valence-electron chi connectivity index (χ0n) is 8.73. The van der Waals surface area contributed by atoms with Gasteiger partial charge in [-0.1, -0.05) is 27.7 Å². The fourth-order valence-corrected chi connectivity index (χ4v) is 2.39. The third-order valence-electron chi connectivity index (χ3n) is 2.37. The molecule has 0 aliphatic carbocycles. The van der Waals surface area contributed by atoms with Crippen molar-refractivity contribution in [3.63, 3.8) is 0 Å². The van der Waals surface area contributed by atoms with Gasteiger partial charge in [0.1, 0.15) is 0 Å². The first-order valence-corrected chi connectivity index (χ1v) is 6.47. The van der Waals surface area contributed by atoms with Crippen LogP contribution in [0.5, 0.6) is 0 Å². The summed E-state index contributed by atoms with van der Waals surface area (Å²) in [6.45, 7) is 0. The van der Waals surface area contributed by atoms with Crippen LogP contribution >= 0.6 is 34.7 Å². The molecule has 0 fully saturated rings. The molecule has 3 N–H and O–H groups in total. The van der Waals surface area contributed by atoms with Crippen LogP contribution in [0.3, 0.4) is 0 Å². The van der Waals surface area contributed by atoms with E-state index in [0.29, 0.717) is 16.5 Å². The van der Waals surface area contributed by atoms with Gasteiger partial charge in [-0.3, -0.25) is 11.3 Å². The first kappa shape index (κ1) is 12.7. The van der Waals surface area contributed by atoms with Gasteiger partial charge in [-0.15, -0.1) is 5.10 Å². The van der Waals surface area contributed by atoms with E-state index in [-0.39, 0.29) is 6.04 Å². The van der Waals surface area contributed by atoms with Crippen molar-refractivity contribution in [3.8, 4) is 0 Å². The third kappa shape index (κ3) is 3.14. The van der Waals surface area contributed by atoms with E-state index >= 15 is 0 Å². The van der Waals surface area contributed by atoms with Crippen LogP contribution in [0.2, 0.25) is 10.0 Å². The van der Waals surface area contributed by atoms with Crippen molar-refractivity contribution in [1.29, 1.82) is 0 Å². The summed E-state index contributed by atoms with van der Waals surface area (Å²) in [5.41, 5.74) is 4.43. The van der Waals surface area contributed by atoms with Crippen LogP contribution in [-0.2, 0) is 6.42 Å². The van der Waals surface area contributed by atoms with Gasteiger partial charge in [0, 0.05) is 15.4 Å². The first-order chi connectivity index (χ1) is 8.20. The Hall–Kier alpha value is -0.720. The van der Waals surface area contributed by atoms with Gasteiger partial charge in [0.05, 0.1) is 11.7 Å². The summed E-state index contributed by atoms with van der Waals surface area (Å²) in [6.07, 6.45) is 0.612. The number of hydrogen-bond donors (Lipinski definition) is 2. The molecule has 2 aromatic rings. The summed E-state index contributed by atoms with van der Waals surface area (Å²) in [7, 11) is 0. The van der Waals surface area contributed by atoms with Gasteiger partial charge in [0.2, 0.25) is 0 Å². The Balaban J connectivity index is 2.21. The van der Waals surface area contributed by atoms with Crippen LogP contribution in [0.15, 0.2) is 23.6 Å². The molecule has 0 aliphatic heterocycles. The Morgan fingerprint density at radius 3 is 2.88 bits per heavy atom. The smallest absolute Gasteiger partial charge is 0.0941 e. The zero-order chi connectivity index (χ0) is 12.3. The molecule has 0 bridgehead atoms. The summed E-state index contributed by atoms with van der Waals surface area (Å²) in [4.78, 5) is 0. The molecule has 0 aliphatic rings. The quantitative estimate of drug-likeness (QED) is 0.671. The SMILES string of the molecule is NNC(Cc1cc(Cl)ccc1Cl)c1csnn1. The number of hydrogen-bond acceptors (Lipinski definition) is 5. The number of nitrogens with one attached hydrogen (secondary N) is 1. The van der Waals surface area contributed by atoms with Gasteiger partial charge in [0.25, 0.3) is 0 Å². The van der Waals surface area contributed by atoms with Crippen molar-refractivity contribution in [2.24, 2.45) is 5.84 Å². The summed E-state index contributed by atoms with van der Waals surface area (Å²) >= 11 is 13.3. The number of aromatic nitrogens is 2. The van der Waals surface area contributed by atoms with Crippen molar-refractivity contribution in [1.82, 2.24) is 15.0 Å². The van der Waals surface area contributed by atoms with E-state index in [0.717, 1.165) is 11.3 Å². The van der Waals surface area contributed by atoms with Gasteiger partial charge in [-0.05, 0) is 41.7 Å². The Kier molecular flexibility index (Phi) is 4.31. The fraction of sp³-hybridized carbons (Fsp3) is 0.200. The Bertz CT molecular complexity index is 489. The molecule has 1 unspecified atom stereocenters. The largest absolute Gasteiger partial charge is 0.271 e. The summed E-state index contributed by atoms with van der Waals surface area (Å²) in [5, 5.41) is 7.15. The lowest BCUT2D eigenvalue weighted by molar-refractivity contribution is 0.537. The van der Waals surface area contributed by atoms with Crippen molar-refractivity contribution in [3.05, 3.63) is 44.9 Å². The predicted octanol–water partition coefficient (Wildman–Crippen LogP) is 2.59. The van der Waals surface area contributed by atoms with Gasteiger partial charge in [-0.25, -0.2) is 0 Å². The van der Waals surface area contributed by atoms with E-state index in [1.54, 1.807) is 12.1 Å². The van der Waals surface area contributed by atoms with Crippen molar-refractivity contribution >= 4 is 34.7 Å². The number of nitrogens with zero attached hydrogens (tertiary/aromatic N) is 2. The minimum absolute atomic E-state index is 0.121. The van der Waals surface area contributed by atoms with E-state index < -0.39 is 0 Å². The van der Waals surface area contributed by atoms with Gasteiger partial charge in [0.15, 0.2) is 0 Å². The molecule has 1 atom stereocenters. The molecule has 0 amide bonds. The van der Waals surface area contributed by atoms with Gasteiger partial charge in [-0.2, -0.15) is 0 Å². The molecule has 1 aromatic carbocycles. The average molecular weight is 289 g/mol. The zero-order valence-corrected chi connectivity index (χ0v) is 11.1. The molecule has 1 heterocycles. The molecule has 0 spiro atoms. The Morgan fingerprint density at radius 2 is 2.24 bits per heavy atom. The fourth-order valence-electron chi connectivity index (χ4n) is 1.49. The normalized spacial score (nSPS) is 12.6. The summed E-state index contributed by atoms with van der Waals surface area (Å²) < 4.78 is 3.81. The minimum atomic E-state index is -0.121. The molecule has 0 saturated carbocycles. The molecule has 7 heteroatoms. The molecule has 90 valence electrons. The minimum Gasteiger partial charge on any atom is -0.271 e. The highest BCUT2D eigenvalue weighted by Gasteiger charge is 2.15. The summed E-state index contributed by atoms with van der Waals surface area (Å²) in [5.74, 6) is 5.51. The van der Waals surface area contributed by atoms with E-state index in [2.05, 4.69) is 15.0 Å². The maximum atomic E-state index is 6.10. The van der Waals surface area contributed by atoms with Crippen molar-refractivity contribution in [2.75, 3.05) is 0 Å². The standard InChI is InChI=1S/C10H10Cl2N4S/c11-7-1-2-8(12)6(3-7)4-9(14-13)10-5-17-16-15-10/h1-3,5,9,14H,4,13H2. The molecule has 1 aromatic heterocycles. The second-order valence-corrected chi connectivity index (χ2v) is 4.94. The predicted molar refractivity (Wildman–Crippen MR) is 70.1 cm³/mol. The van der Waals surface area contributed by atoms with Crippen molar-refractivity contribution < 1.29 is 0 Å². The summed E-state index contributed by atoms with van der Waals surface area (Å²) in [6, 6.07) is 5.23. The molecular weight excluding hydrogens is 279 g/mol. The molecule has 4 nitrogen and oxygen atoms in total. The highest BCUT2D eigenvalue weighted by molar-refractivity contribution is 7.03. The lowest BCUT2D eigenvalue weighted by Crippen LogP contribution is -2.30. The highest BCUT2D eigenvalue weighted by Crippen LogP contribution is 2.25. The number of nitrogens with two attached hydrogens (primary N) is 1. The highest BCUT2D eigenvalue weighted by atomic mass is 35.5. The van der Waals surface area contributed by atoms with Crippen LogP contribution in [0, 0.1) is 0 Å². The maximum Gasteiger partial charge on any atom is 0.0941 e. The van der Waals surface area contributed by atoms with Crippen LogP contribution in [-0.4, -0.2) is 9.59 Å². The molecule has 17 heavy (non-hydrogen) atoms. The number of benzene rings is 1. The second-order valence-electron chi connectivity index (χ2n) is 3.49. The molecule has 2 rings (SSSR count). The molecule has 0 radical (unpaired) electrons. The van der Waals surface area contributed by atoms with Gasteiger partial charge < -0.3 is 0 Å². The molecule has 0 saturated heterocycles.